The first kappa shape index (κ1) is 16.4. The third-order valence-electron chi connectivity index (χ3n) is 3.91. The molecular formula is C14H22N6O2S. The number of fused-ring (bicyclic) bond motifs is 1. The van der Waals surface area contributed by atoms with E-state index in [1.54, 1.807) is 11.8 Å². The molecule has 126 valence electrons. The van der Waals surface area contributed by atoms with Gasteiger partial charge in [-0.3, -0.25) is 0 Å². The lowest BCUT2D eigenvalue weighted by Crippen LogP contribution is -2.14. The maximum atomic E-state index is 8.86. The number of hydrogen-bond donors (Lipinski definition) is 2. The monoisotopic (exact) mass is 338 g/mol. The van der Waals surface area contributed by atoms with Crippen LogP contribution in [0.1, 0.15) is 38.6 Å². The third-order valence-corrected chi connectivity index (χ3v) is 4.97. The molecule has 0 aromatic carbocycles. The molecule has 2 heterocycles. The number of ether oxygens (including phenoxy) is 1. The lowest BCUT2D eigenvalue weighted by Gasteiger charge is -2.12. The van der Waals surface area contributed by atoms with Crippen molar-refractivity contribution in [3.05, 3.63) is 0 Å². The molecule has 2 aromatic heterocycles. The fraction of sp³-hybridized carbons (Fsp3) is 0.714. The molecule has 3 rings (SSSR count). The minimum absolute atomic E-state index is 0.0508. The Kier molecular flexibility index (Phi) is 5.29. The summed E-state index contributed by atoms with van der Waals surface area (Å²) in [6.07, 6.45) is 3.95. The average molecular weight is 338 g/mol. The summed E-state index contributed by atoms with van der Waals surface area (Å²) in [5, 5.41) is 17.9. The smallest absolute Gasteiger partial charge is 0.191 e. The maximum absolute atomic E-state index is 8.86. The van der Waals surface area contributed by atoms with Crippen molar-refractivity contribution in [2.75, 3.05) is 24.7 Å². The third kappa shape index (κ3) is 3.56. The highest BCUT2D eigenvalue weighted by Crippen LogP contribution is 2.33. The summed E-state index contributed by atoms with van der Waals surface area (Å²) in [6, 6.07) is 0.196. The van der Waals surface area contributed by atoms with E-state index in [1.807, 2.05) is 4.68 Å². The molecular weight excluding hydrogens is 316 g/mol. The van der Waals surface area contributed by atoms with Gasteiger partial charge in [0.1, 0.15) is 0 Å². The Labute approximate surface area is 138 Å². The molecule has 0 amide bonds. The summed E-state index contributed by atoms with van der Waals surface area (Å²) in [5.74, 6) is 1.33. The zero-order valence-corrected chi connectivity index (χ0v) is 14.0. The van der Waals surface area contributed by atoms with Gasteiger partial charge in [-0.15, -0.1) is 5.10 Å². The van der Waals surface area contributed by atoms with Crippen LogP contribution in [0.25, 0.3) is 11.2 Å². The molecule has 8 nitrogen and oxygen atoms in total. The van der Waals surface area contributed by atoms with E-state index in [9.17, 15) is 0 Å². The van der Waals surface area contributed by atoms with Gasteiger partial charge >= 0.3 is 0 Å². The highest BCUT2D eigenvalue weighted by Gasteiger charge is 2.29. The van der Waals surface area contributed by atoms with Crippen LogP contribution in [-0.4, -0.2) is 55.1 Å². The van der Waals surface area contributed by atoms with Gasteiger partial charge in [-0.2, -0.15) is 0 Å². The zero-order chi connectivity index (χ0) is 16.2. The standard InChI is InChI=1S/C14H22N6O2S/c1-2-7-23-14-16-12(15)11-13(17-14)20(19-18-11)9-3-4-10(8-9)22-6-5-21/h9-10,21H,2-8H2,1H3,(H2,15,16,17)/t9-,10+/m0/s1. The summed E-state index contributed by atoms with van der Waals surface area (Å²) in [5.41, 5.74) is 7.26. The summed E-state index contributed by atoms with van der Waals surface area (Å²) in [6.45, 7) is 2.54. The lowest BCUT2D eigenvalue weighted by atomic mass is 10.2. The summed E-state index contributed by atoms with van der Waals surface area (Å²) in [4.78, 5) is 8.89. The largest absolute Gasteiger partial charge is 0.394 e. The number of hydrogen-bond acceptors (Lipinski definition) is 8. The molecule has 2 atom stereocenters. The molecule has 1 fully saturated rings. The van der Waals surface area contributed by atoms with Crippen LogP contribution in [0.15, 0.2) is 5.16 Å². The number of aliphatic hydroxyl groups excluding tert-OH is 1. The fourth-order valence-corrected chi connectivity index (χ4v) is 3.54. The molecule has 23 heavy (non-hydrogen) atoms. The van der Waals surface area contributed by atoms with Gasteiger partial charge in [0, 0.05) is 5.75 Å². The van der Waals surface area contributed by atoms with Crippen molar-refractivity contribution >= 4 is 28.7 Å². The second kappa shape index (κ2) is 7.41. The van der Waals surface area contributed by atoms with E-state index < -0.39 is 0 Å². The number of aromatic nitrogens is 5. The van der Waals surface area contributed by atoms with E-state index in [2.05, 4.69) is 27.2 Å². The molecule has 0 saturated heterocycles. The van der Waals surface area contributed by atoms with Crippen LogP contribution >= 0.6 is 11.8 Å². The van der Waals surface area contributed by atoms with Gasteiger partial charge in [0.15, 0.2) is 22.1 Å². The van der Waals surface area contributed by atoms with Gasteiger partial charge in [-0.25, -0.2) is 14.6 Å². The van der Waals surface area contributed by atoms with Crippen LogP contribution in [0.2, 0.25) is 0 Å². The Hall–Kier alpha value is -1.45. The minimum Gasteiger partial charge on any atom is -0.394 e. The molecule has 3 N–H and O–H groups in total. The SMILES string of the molecule is CCCSc1nc(N)c2nnn([C@H]3CC[C@@H](OCCO)C3)c2n1. The van der Waals surface area contributed by atoms with E-state index in [1.165, 1.54) is 0 Å². The van der Waals surface area contributed by atoms with Crippen molar-refractivity contribution in [2.24, 2.45) is 0 Å². The number of nitrogens with two attached hydrogens (primary N) is 1. The second-order valence-electron chi connectivity index (χ2n) is 5.63. The molecule has 0 unspecified atom stereocenters. The molecule has 0 aliphatic heterocycles. The zero-order valence-electron chi connectivity index (χ0n) is 13.2. The van der Waals surface area contributed by atoms with Crippen LogP contribution in [0.5, 0.6) is 0 Å². The van der Waals surface area contributed by atoms with Crippen molar-refractivity contribution < 1.29 is 9.84 Å². The highest BCUT2D eigenvalue weighted by molar-refractivity contribution is 7.99. The molecule has 1 saturated carbocycles. The highest BCUT2D eigenvalue weighted by atomic mass is 32.2. The van der Waals surface area contributed by atoms with Gasteiger partial charge in [0.2, 0.25) is 0 Å². The van der Waals surface area contributed by atoms with Crippen molar-refractivity contribution in [2.45, 2.75) is 49.9 Å². The lowest BCUT2D eigenvalue weighted by molar-refractivity contribution is 0.0309. The first-order valence-corrected chi connectivity index (χ1v) is 8.95. The van der Waals surface area contributed by atoms with E-state index in [0.717, 1.165) is 31.4 Å². The Bertz CT molecular complexity index is 664. The van der Waals surface area contributed by atoms with Crippen LogP contribution in [0.4, 0.5) is 5.82 Å². The van der Waals surface area contributed by atoms with E-state index in [-0.39, 0.29) is 18.8 Å². The van der Waals surface area contributed by atoms with Gasteiger partial charge in [-0.1, -0.05) is 23.9 Å². The molecule has 1 aliphatic carbocycles. The number of anilines is 1. The summed E-state index contributed by atoms with van der Waals surface area (Å²) >= 11 is 1.59. The number of aliphatic hydroxyl groups is 1. The molecule has 0 spiro atoms. The predicted molar refractivity (Wildman–Crippen MR) is 88.3 cm³/mol. The predicted octanol–water partition coefficient (Wildman–Crippen LogP) is 1.41. The van der Waals surface area contributed by atoms with Crippen LogP contribution < -0.4 is 5.73 Å². The Morgan fingerprint density at radius 1 is 1.39 bits per heavy atom. The topological polar surface area (TPSA) is 112 Å². The summed E-state index contributed by atoms with van der Waals surface area (Å²) < 4.78 is 7.47. The minimum atomic E-state index is 0.0508. The maximum Gasteiger partial charge on any atom is 0.191 e. The normalized spacial score (nSPS) is 21.3. The number of nitrogens with zero attached hydrogens (tertiary/aromatic N) is 5. The van der Waals surface area contributed by atoms with Crippen molar-refractivity contribution in [3.63, 3.8) is 0 Å². The quantitative estimate of drug-likeness (QED) is 0.575. The molecule has 0 radical (unpaired) electrons. The molecule has 2 aromatic rings. The van der Waals surface area contributed by atoms with Crippen molar-refractivity contribution in [3.8, 4) is 0 Å². The first-order chi connectivity index (χ1) is 11.2. The number of thioether (sulfide) groups is 1. The second-order valence-corrected chi connectivity index (χ2v) is 6.69. The fourth-order valence-electron chi connectivity index (χ4n) is 2.84. The van der Waals surface area contributed by atoms with E-state index in [0.29, 0.717) is 28.7 Å². The van der Waals surface area contributed by atoms with Crippen LogP contribution in [0, 0.1) is 0 Å². The molecule has 1 aliphatic rings. The first-order valence-electron chi connectivity index (χ1n) is 7.96. The average Bonchev–Trinajstić information content (AvgIpc) is 3.17. The molecule has 0 bridgehead atoms. The van der Waals surface area contributed by atoms with Crippen molar-refractivity contribution in [1.29, 1.82) is 0 Å². The van der Waals surface area contributed by atoms with Crippen LogP contribution in [0.3, 0.4) is 0 Å². The number of rotatable bonds is 7. The van der Waals surface area contributed by atoms with E-state index >= 15 is 0 Å². The Morgan fingerprint density at radius 3 is 3.04 bits per heavy atom. The number of nitrogen functional groups attached to an aromatic ring is 1. The van der Waals surface area contributed by atoms with Crippen LogP contribution in [-0.2, 0) is 4.74 Å². The Balaban J connectivity index is 1.82. The van der Waals surface area contributed by atoms with Crippen molar-refractivity contribution in [1.82, 2.24) is 25.0 Å². The van der Waals surface area contributed by atoms with Gasteiger partial charge in [0.05, 0.1) is 25.4 Å². The van der Waals surface area contributed by atoms with Gasteiger partial charge in [-0.05, 0) is 25.7 Å². The van der Waals surface area contributed by atoms with E-state index in [4.69, 9.17) is 15.6 Å². The summed E-state index contributed by atoms with van der Waals surface area (Å²) in [7, 11) is 0. The Morgan fingerprint density at radius 2 is 2.26 bits per heavy atom. The van der Waals surface area contributed by atoms with Gasteiger partial charge in [0.25, 0.3) is 0 Å². The molecule has 9 heteroatoms. The van der Waals surface area contributed by atoms with Gasteiger partial charge < -0.3 is 15.6 Å².